The van der Waals surface area contributed by atoms with E-state index >= 15 is 0 Å². The summed E-state index contributed by atoms with van der Waals surface area (Å²) in [6, 6.07) is 3.16. The number of hydrogen-bond acceptors (Lipinski definition) is 4. The molecule has 18 heavy (non-hydrogen) atoms. The van der Waals surface area contributed by atoms with Gasteiger partial charge in [0.25, 0.3) is 0 Å². The number of benzene rings is 2. The average molecular weight is 242 g/mol. The molecule has 2 rings (SSSR count). The molecule has 0 spiro atoms. The SMILES string of the molecule is C=Cc1c(C=C)c(O)c2c(N)ccc(N)c2c1O. The van der Waals surface area contributed by atoms with E-state index in [0.29, 0.717) is 33.3 Å². The number of anilines is 2. The summed E-state index contributed by atoms with van der Waals surface area (Å²) in [5, 5.41) is 21.1. The van der Waals surface area contributed by atoms with E-state index in [1.165, 1.54) is 12.2 Å². The lowest BCUT2D eigenvalue weighted by Crippen LogP contribution is -1.96. The lowest BCUT2D eigenvalue weighted by molar-refractivity contribution is 0.468. The Hall–Kier alpha value is -2.62. The largest absolute Gasteiger partial charge is 0.507 e. The molecule has 0 aliphatic carbocycles. The first-order valence-electron chi connectivity index (χ1n) is 5.33. The monoisotopic (exact) mass is 242 g/mol. The maximum Gasteiger partial charge on any atom is 0.133 e. The maximum atomic E-state index is 10.2. The van der Waals surface area contributed by atoms with E-state index in [1.807, 2.05) is 0 Å². The molecular weight excluding hydrogens is 228 g/mol. The third-order valence-electron chi connectivity index (χ3n) is 2.95. The van der Waals surface area contributed by atoms with Crippen molar-refractivity contribution in [3.8, 4) is 11.5 Å². The molecule has 2 aromatic rings. The van der Waals surface area contributed by atoms with Crippen molar-refractivity contribution >= 4 is 34.3 Å². The van der Waals surface area contributed by atoms with Crippen molar-refractivity contribution in [1.82, 2.24) is 0 Å². The van der Waals surface area contributed by atoms with Gasteiger partial charge in [-0.2, -0.15) is 0 Å². The van der Waals surface area contributed by atoms with Gasteiger partial charge < -0.3 is 21.7 Å². The van der Waals surface area contributed by atoms with Gasteiger partial charge in [-0.15, -0.1) is 0 Å². The Bertz CT molecular complexity index is 617. The molecule has 0 radical (unpaired) electrons. The van der Waals surface area contributed by atoms with Gasteiger partial charge in [0.15, 0.2) is 0 Å². The minimum absolute atomic E-state index is 0.0579. The van der Waals surface area contributed by atoms with Crippen LogP contribution in [0.4, 0.5) is 11.4 Å². The molecule has 4 nitrogen and oxygen atoms in total. The van der Waals surface area contributed by atoms with Crippen LogP contribution >= 0.6 is 0 Å². The van der Waals surface area contributed by atoms with Crippen LogP contribution in [0.1, 0.15) is 11.1 Å². The quantitative estimate of drug-likeness (QED) is 0.481. The smallest absolute Gasteiger partial charge is 0.133 e. The maximum absolute atomic E-state index is 10.2. The van der Waals surface area contributed by atoms with Crippen molar-refractivity contribution in [2.45, 2.75) is 0 Å². The van der Waals surface area contributed by atoms with Gasteiger partial charge >= 0.3 is 0 Å². The van der Waals surface area contributed by atoms with E-state index in [9.17, 15) is 10.2 Å². The highest BCUT2D eigenvalue weighted by Crippen LogP contribution is 2.45. The Labute approximate surface area is 104 Å². The molecule has 0 aliphatic heterocycles. The van der Waals surface area contributed by atoms with Crippen LogP contribution in [0.2, 0.25) is 0 Å². The second kappa shape index (κ2) is 4.00. The second-order valence-electron chi connectivity index (χ2n) is 3.93. The van der Waals surface area contributed by atoms with Gasteiger partial charge in [0.2, 0.25) is 0 Å². The predicted octanol–water partition coefficient (Wildman–Crippen LogP) is 2.70. The number of fused-ring (bicyclic) bond motifs is 1. The molecule has 92 valence electrons. The van der Waals surface area contributed by atoms with Crippen molar-refractivity contribution in [3.05, 3.63) is 36.4 Å². The summed E-state index contributed by atoms with van der Waals surface area (Å²) in [4.78, 5) is 0. The van der Waals surface area contributed by atoms with Crippen LogP contribution < -0.4 is 11.5 Å². The van der Waals surface area contributed by atoms with Crippen molar-refractivity contribution in [1.29, 1.82) is 0 Å². The molecule has 2 aromatic carbocycles. The summed E-state index contributed by atoms with van der Waals surface area (Å²) in [5.41, 5.74) is 13.1. The third-order valence-corrected chi connectivity index (χ3v) is 2.95. The number of aromatic hydroxyl groups is 2. The number of phenolic OH excluding ortho intramolecular Hbond substituents is 2. The Morgan fingerprint density at radius 3 is 1.44 bits per heavy atom. The molecule has 0 amide bonds. The van der Waals surface area contributed by atoms with Gasteiger partial charge in [0, 0.05) is 22.5 Å². The highest BCUT2D eigenvalue weighted by molar-refractivity contribution is 6.11. The standard InChI is InChI=1S/C14H14N2O2/c1-3-7-8(4-2)14(18)12-10(16)6-5-9(15)11(12)13(7)17/h3-6,17-18H,1-2,15-16H2. The van der Waals surface area contributed by atoms with Gasteiger partial charge in [0.1, 0.15) is 11.5 Å². The molecule has 0 saturated heterocycles. The van der Waals surface area contributed by atoms with E-state index in [1.54, 1.807) is 12.1 Å². The number of phenols is 2. The van der Waals surface area contributed by atoms with Crippen LogP contribution in [0.25, 0.3) is 22.9 Å². The van der Waals surface area contributed by atoms with E-state index in [0.717, 1.165) is 0 Å². The highest BCUT2D eigenvalue weighted by Gasteiger charge is 2.18. The number of nitrogens with two attached hydrogens (primary N) is 2. The normalized spacial score (nSPS) is 10.4. The summed E-state index contributed by atoms with van der Waals surface area (Å²) in [6.07, 6.45) is 2.88. The second-order valence-corrected chi connectivity index (χ2v) is 3.93. The summed E-state index contributed by atoms with van der Waals surface area (Å²) in [6.45, 7) is 7.22. The Kier molecular flexibility index (Phi) is 2.63. The lowest BCUT2D eigenvalue weighted by Gasteiger charge is -2.15. The van der Waals surface area contributed by atoms with Crippen LogP contribution in [-0.4, -0.2) is 10.2 Å². The van der Waals surface area contributed by atoms with Crippen LogP contribution in [0.3, 0.4) is 0 Å². The first-order chi connectivity index (χ1) is 8.52. The first kappa shape index (κ1) is 11.9. The molecule has 0 bridgehead atoms. The van der Waals surface area contributed by atoms with E-state index in [4.69, 9.17) is 11.5 Å². The average Bonchev–Trinajstić information content (AvgIpc) is 2.35. The van der Waals surface area contributed by atoms with Crippen LogP contribution in [0.15, 0.2) is 25.3 Å². The molecule has 6 N–H and O–H groups in total. The van der Waals surface area contributed by atoms with Gasteiger partial charge in [-0.05, 0) is 12.1 Å². The van der Waals surface area contributed by atoms with Crippen molar-refractivity contribution in [2.75, 3.05) is 11.5 Å². The Morgan fingerprint density at radius 2 is 1.17 bits per heavy atom. The third kappa shape index (κ3) is 1.39. The molecule has 0 saturated carbocycles. The summed E-state index contributed by atoms with van der Waals surface area (Å²) in [7, 11) is 0. The molecule has 0 aliphatic rings. The molecule has 0 fully saturated rings. The van der Waals surface area contributed by atoms with Crippen LogP contribution in [0.5, 0.6) is 11.5 Å². The van der Waals surface area contributed by atoms with E-state index < -0.39 is 0 Å². The number of nitrogen functional groups attached to an aromatic ring is 2. The van der Waals surface area contributed by atoms with Crippen LogP contribution in [-0.2, 0) is 0 Å². The minimum Gasteiger partial charge on any atom is -0.507 e. The van der Waals surface area contributed by atoms with Crippen molar-refractivity contribution < 1.29 is 10.2 Å². The minimum atomic E-state index is -0.0579. The Balaban J connectivity index is 3.16. The fraction of sp³-hybridized carbons (Fsp3) is 0. The van der Waals surface area contributed by atoms with Gasteiger partial charge in [-0.25, -0.2) is 0 Å². The molecule has 0 unspecified atom stereocenters. The van der Waals surface area contributed by atoms with E-state index in [-0.39, 0.29) is 11.5 Å². The number of hydrogen-bond donors (Lipinski definition) is 4. The zero-order valence-corrected chi connectivity index (χ0v) is 9.77. The molecule has 0 heterocycles. The lowest BCUT2D eigenvalue weighted by atomic mass is 9.95. The van der Waals surface area contributed by atoms with Gasteiger partial charge in [-0.3, -0.25) is 0 Å². The highest BCUT2D eigenvalue weighted by atomic mass is 16.3. The number of rotatable bonds is 2. The summed E-state index contributed by atoms with van der Waals surface area (Å²) < 4.78 is 0. The van der Waals surface area contributed by atoms with Gasteiger partial charge in [-0.1, -0.05) is 25.3 Å². The topological polar surface area (TPSA) is 92.5 Å². The molecule has 0 aromatic heterocycles. The fourth-order valence-corrected chi connectivity index (χ4v) is 2.08. The van der Waals surface area contributed by atoms with Crippen molar-refractivity contribution in [3.63, 3.8) is 0 Å². The summed E-state index contributed by atoms with van der Waals surface area (Å²) >= 11 is 0. The Morgan fingerprint density at radius 1 is 0.833 bits per heavy atom. The fourth-order valence-electron chi connectivity index (χ4n) is 2.08. The molecule has 0 atom stereocenters. The van der Waals surface area contributed by atoms with Gasteiger partial charge in [0.05, 0.1) is 10.8 Å². The zero-order chi connectivity index (χ0) is 13.4. The zero-order valence-electron chi connectivity index (χ0n) is 9.77. The van der Waals surface area contributed by atoms with Crippen LogP contribution in [0, 0.1) is 0 Å². The molecular formula is C14H14N2O2. The molecule has 4 heteroatoms. The van der Waals surface area contributed by atoms with E-state index in [2.05, 4.69) is 13.2 Å². The van der Waals surface area contributed by atoms with Crippen molar-refractivity contribution in [2.24, 2.45) is 0 Å². The summed E-state index contributed by atoms with van der Waals surface area (Å²) in [5.74, 6) is -0.116. The predicted molar refractivity (Wildman–Crippen MR) is 76.3 cm³/mol. The first-order valence-corrected chi connectivity index (χ1v) is 5.33.